The summed E-state index contributed by atoms with van der Waals surface area (Å²) in [6, 6.07) is 15.3. The molecule has 0 aliphatic carbocycles. The Morgan fingerprint density at radius 2 is 1.90 bits per heavy atom. The number of hydrogen-bond donors (Lipinski definition) is 2. The van der Waals surface area contributed by atoms with E-state index in [0.717, 1.165) is 47.7 Å². The van der Waals surface area contributed by atoms with E-state index in [1.54, 1.807) is 13.2 Å². The van der Waals surface area contributed by atoms with Crippen molar-refractivity contribution < 1.29 is 9.47 Å². The van der Waals surface area contributed by atoms with Gasteiger partial charge in [0.1, 0.15) is 13.6 Å². The molecule has 3 aromatic rings. The van der Waals surface area contributed by atoms with Gasteiger partial charge in [-0.2, -0.15) is 0 Å². The van der Waals surface area contributed by atoms with Gasteiger partial charge in [0.2, 0.25) is 5.56 Å². The Bertz CT molecular complexity index is 1000. The number of benzene rings is 2. The van der Waals surface area contributed by atoms with Crippen LogP contribution in [-0.2, 0) is 11.2 Å². The summed E-state index contributed by atoms with van der Waals surface area (Å²) in [6.45, 7) is 4.24. The van der Waals surface area contributed by atoms with Gasteiger partial charge >= 0.3 is 0 Å². The van der Waals surface area contributed by atoms with Gasteiger partial charge in [0.15, 0.2) is 0 Å². The van der Waals surface area contributed by atoms with Crippen LogP contribution >= 0.6 is 0 Å². The Hall–Kier alpha value is -2.57. The van der Waals surface area contributed by atoms with Gasteiger partial charge in [-0.05, 0) is 42.6 Å². The average molecular weight is 404 g/mol. The molecule has 30 heavy (non-hydrogen) atoms. The van der Waals surface area contributed by atoms with Crippen molar-refractivity contribution in [1.29, 1.82) is 0 Å². The average Bonchev–Trinajstić information content (AvgIpc) is 2.75. The summed E-state index contributed by atoms with van der Waals surface area (Å²) in [5.41, 5.74) is 3.61. The highest BCUT2D eigenvalue weighted by atomic mass is 16.5. The van der Waals surface area contributed by atoms with Crippen molar-refractivity contribution in [2.75, 3.05) is 26.8 Å². The van der Waals surface area contributed by atoms with Gasteiger partial charge in [-0.15, -0.1) is 0 Å². The number of unbranched alkanes of at least 4 members (excludes halogenated alkanes) is 1. The molecule has 1 aromatic heterocycles. The SMILES string of the molecule is [B]c1ccc(CCNC[C@H](OC)c2ccc(OCCCC)c3[nH]c(=O)ccc23)cc1. The van der Waals surface area contributed by atoms with Crippen LogP contribution in [0.15, 0.2) is 53.3 Å². The van der Waals surface area contributed by atoms with Gasteiger partial charge in [-0.1, -0.05) is 49.1 Å². The monoisotopic (exact) mass is 404 g/mol. The number of ether oxygens (including phenoxy) is 2. The van der Waals surface area contributed by atoms with E-state index in [2.05, 4.69) is 17.2 Å². The summed E-state index contributed by atoms with van der Waals surface area (Å²) in [7, 11) is 7.44. The molecule has 0 aliphatic heterocycles. The summed E-state index contributed by atoms with van der Waals surface area (Å²) in [5, 5.41) is 4.41. The van der Waals surface area contributed by atoms with Crippen molar-refractivity contribution in [3.8, 4) is 5.75 Å². The maximum Gasteiger partial charge on any atom is 0.248 e. The summed E-state index contributed by atoms with van der Waals surface area (Å²) < 4.78 is 11.7. The smallest absolute Gasteiger partial charge is 0.248 e. The third kappa shape index (κ3) is 5.74. The predicted molar refractivity (Wildman–Crippen MR) is 123 cm³/mol. The number of H-pyrrole nitrogens is 1. The number of rotatable bonds is 11. The predicted octanol–water partition coefficient (Wildman–Crippen LogP) is 3.02. The Labute approximate surface area is 179 Å². The number of aromatic amines is 1. The van der Waals surface area contributed by atoms with Gasteiger partial charge < -0.3 is 19.8 Å². The lowest BCUT2D eigenvalue weighted by molar-refractivity contribution is 0.104. The summed E-state index contributed by atoms with van der Waals surface area (Å²) >= 11 is 0. The highest BCUT2D eigenvalue weighted by Gasteiger charge is 2.16. The van der Waals surface area contributed by atoms with E-state index < -0.39 is 0 Å². The number of aromatic nitrogens is 1. The van der Waals surface area contributed by atoms with Crippen molar-refractivity contribution >= 4 is 24.2 Å². The molecule has 2 aromatic carbocycles. The van der Waals surface area contributed by atoms with Gasteiger partial charge in [-0.25, -0.2) is 0 Å². The van der Waals surface area contributed by atoms with Gasteiger partial charge in [0.25, 0.3) is 0 Å². The van der Waals surface area contributed by atoms with E-state index in [1.165, 1.54) is 5.56 Å². The molecule has 0 fully saturated rings. The van der Waals surface area contributed by atoms with E-state index in [9.17, 15) is 4.79 Å². The largest absolute Gasteiger partial charge is 0.491 e. The maximum atomic E-state index is 11.9. The van der Waals surface area contributed by atoms with Crippen LogP contribution in [0.25, 0.3) is 10.9 Å². The second kappa shape index (κ2) is 11.0. The van der Waals surface area contributed by atoms with E-state index in [1.807, 2.05) is 42.5 Å². The quantitative estimate of drug-likeness (QED) is 0.381. The zero-order valence-electron chi connectivity index (χ0n) is 17.7. The van der Waals surface area contributed by atoms with Crippen LogP contribution in [0.3, 0.4) is 0 Å². The zero-order valence-corrected chi connectivity index (χ0v) is 17.7. The Kier molecular flexibility index (Phi) is 8.11. The molecule has 0 aliphatic rings. The lowest BCUT2D eigenvalue weighted by atomic mass is 9.95. The normalized spacial score (nSPS) is 12.2. The molecular formula is C24H29BN2O3. The molecule has 1 atom stereocenters. The Balaban J connectivity index is 1.71. The molecule has 0 amide bonds. The van der Waals surface area contributed by atoms with Gasteiger partial charge in [0, 0.05) is 25.1 Å². The summed E-state index contributed by atoms with van der Waals surface area (Å²) in [4.78, 5) is 14.9. The minimum absolute atomic E-state index is 0.143. The third-order valence-electron chi connectivity index (χ3n) is 5.18. The highest BCUT2D eigenvalue weighted by molar-refractivity contribution is 6.32. The molecule has 156 valence electrons. The van der Waals surface area contributed by atoms with E-state index in [0.29, 0.717) is 18.9 Å². The Morgan fingerprint density at radius 1 is 1.10 bits per heavy atom. The van der Waals surface area contributed by atoms with Crippen molar-refractivity contribution in [2.45, 2.75) is 32.3 Å². The number of methoxy groups -OCH3 is 1. The fraction of sp³-hybridized carbons (Fsp3) is 0.375. The Morgan fingerprint density at radius 3 is 2.63 bits per heavy atom. The molecule has 0 bridgehead atoms. The van der Waals surface area contributed by atoms with Crippen molar-refractivity contribution in [2.24, 2.45) is 0 Å². The second-order valence-electron chi connectivity index (χ2n) is 7.39. The van der Waals surface area contributed by atoms with Crippen LogP contribution in [0.5, 0.6) is 5.75 Å². The van der Waals surface area contributed by atoms with Crippen LogP contribution < -0.4 is 21.1 Å². The van der Waals surface area contributed by atoms with Crippen LogP contribution in [0.1, 0.15) is 37.0 Å². The standard InChI is InChI=1S/C24H29BN2O3/c1-3-4-15-30-21-11-9-19(20-10-12-23(28)27-24(20)21)22(29-2)16-26-14-13-17-5-7-18(25)8-6-17/h5-12,22,26H,3-4,13-16H2,1-2H3,(H,27,28)/t22-/m0/s1. The number of pyridine rings is 1. The highest BCUT2D eigenvalue weighted by Crippen LogP contribution is 2.31. The molecule has 0 unspecified atom stereocenters. The molecular weight excluding hydrogens is 375 g/mol. The zero-order chi connectivity index (χ0) is 21.3. The molecule has 3 rings (SSSR count). The van der Waals surface area contributed by atoms with Crippen LogP contribution in [0.2, 0.25) is 0 Å². The molecule has 0 saturated heterocycles. The fourth-order valence-electron chi connectivity index (χ4n) is 3.45. The molecule has 2 N–H and O–H groups in total. The lowest BCUT2D eigenvalue weighted by Gasteiger charge is -2.20. The molecule has 5 nitrogen and oxygen atoms in total. The first kappa shape index (κ1) is 22.1. The van der Waals surface area contributed by atoms with Gasteiger partial charge in [0.05, 0.1) is 18.2 Å². The minimum atomic E-state index is -0.144. The summed E-state index contributed by atoms with van der Waals surface area (Å²) in [6.07, 6.45) is 2.79. The van der Waals surface area contributed by atoms with Crippen LogP contribution in [-0.4, -0.2) is 39.6 Å². The first-order valence-electron chi connectivity index (χ1n) is 10.5. The van der Waals surface area contributed by atoms with Gasteiger partial charge in [-0.3, -0.25) is 4.79 Å². The second-order valence-corrected chi connectivity index (χ2v) is 7.39. The van der Waals surface area contributed by atoms with Crippen molar-refractivity contribution in [1.82, 2.24) is 10.3 Å². The molecule has 1 heterocycles. The maximum absolute atomic E-state index is 11.9. The first-order chi connectivity index (χ1) is 14.6. The minimum Gasteiger partial charge on any atom is -0.491 e. The molecule has 0 saturated carbocycles. The lowest BCUT2D eigenvalue weighted by Crippen LogP contribution is -2.25. The number of nitrogens with one attached hydrogen (secondary N) is 2. The number of fused-ring (bicyclic) bond motifs is 1. The van der Waals surface area contributed by atoms with E-state index in [-0.39, 0.29) is 11.7 Å². The van der Waals surface area contributed by atoms with Crippen LogP contribution in [0, 0.1) is 0 Å². The van der Waals surface area contributed by atoms with Crippen molar-refractivity contribution in [3.63, 3.8) is 0 Å². The fourth-order valence-corrected chi connectivity index (χ4v) is 3.45. The molecule has 6 heteroatoms. The third-order valence-corrected chi connectivity index (χ3v) is 5.18. The van der Waals surface area contributed by atoms with Crippen molar-refractivity contribution in [3.05, 3.63) is 70.0 Å². The number of hydrogen-bond acceptors (Lipinski definition) is 4. The molecule has 0 spiro atoms. The topological polar surface area (TPSA) is 63.4 Å². The summed E-state index contributed by atoms with van der Waals surface area (Å²) in [5.74, 6) is 0.700. The van der Waals surface area contributed by atoms with Crippen LogP contribution in [0.4, 0.5) is 0 Å². The van der Waals surface area contributed by atoms with E-state index in [4.69, 9.17) is 17.3 Å². The first-order valence-corrected chi connectivity index (χ1v) is 10.5. The van der Waals surface area contributed by atoms with E-state index >= 15 is 0 Å². The molecule has 2 radical (unpaired) electrons.